The second-order valence-electron chi connectivity index (χ2n) is 6.55. The van der Waals surface area contributed by atoms with Crippen LogP contribution in [0.3, 0.4) is 0 Å². The predicted molar refractivity (Wildman–Crippen MR) is 88.9 cm³/mol. The fourth-order valence-corrected chi connectivity index (χ4v) is 3.49. The lowest BCUT2D eigenvalue weighted by Crippen LogP contribution is -2.39. The van der Waals surface area contributed by atoms with Crippen LogP contribution in [0, 0.1) is 0 Å². The first-order chi connectivity index (χ1) is 11.6. The smallest absolute Gasteiger partial charge is 0.272 e. The van der Waals surface area contributed by atoms with Crippen molar-refractivity contribution < 1.29 is 9.59 Å². The third kappa shape index (κ3) is 2.58. The van der Waals surface area contributed by atoms with Crippen molar-refractivity contribution in [3.8, 4) is 0 Å². The summed E-state index contributed by atoms with van der Waals surface area (Å²) in [5.74, 6) is -0.281. The molecule has 1 aliphatic carbocycles. The lowest BCUT2D eigenvalue weighted by Gasteiger charge is -2.25. The van der Waals surface area contributed by atoms with Gasteiger partial charge in [0.15, 0.2) is 5.69 Å². The Morgan fingerprint density at radius 2 is 2.04 bits per heavy atom. The highest BCUT2D eigenvalue weighted by Gasteiger charge is 2.27. The van der Waals surface area contributed by atoms with Crippen LogP contribution < -0.4 is 5.32 Å². The topological polar surface area (TPSA) is 67.2 Å². The molecule has 0 saturated carbocycles. The van der Waals surface area contributed by atoms with Crippen molar-refractivity contribution in [3.63, 3.8) is 0 Å². The van der Waals surface area contributed by atoms with Crippen molar-refractivity contribution in [3.05, 3.63) is 52.8 Å². The van der Waals surface area contributed by atoms with Gasteiger partial charge in [-0.1, -0.05) is 24.3 Å². The summed E-state index contributed by atoms with van der Waals surface area (Å²) >= 11 is 0. The van der Waals surface area contributed by atoms with Crippen LogP contribution in [0.1, 0.15) is 38.5 Å². The Hall–Kier alpha value is -2.63. The molecular formula is C18H20N4O2. The Labute approximate surface area is 140 Å². The Bertz CT molecular complexity index is 811. The molecule has 1 N–H and O–H groups in total. The average Bonchev–Trinajstić information content (AvgIpc) is 3.03. The molecule has 1 aromatic heterocycles. The van der Waals surface area contributed by atoms with Crippen LogP contribution in [0.2, 0.25) is 0 Å². The van der Waals surface area contributed by atoms with E-state index in [0.717, 1.165) is 19.3 Å². The van der Waals surface area contributed by atoms with Crippen LogP contribution in [0.5, 0.6) is 0 Å². The van der Waals surface area contributed by atoms with Crippen LogP contribution in [0.25, 0.3) is 0 Å². The van der Waals surface area contributed by atoms with Gasteiger partial charge in [-0.15, -0.1) is 0 Å². The highest BCUT2D eigenvalue weighted by atomic mass is 16.2. The zero-order valence-electron chi connectivity index (χ0n) is 13.7. The van der Waals surface area contributed by atoms with Crippen LogP contribution in [-0.4, -0.2) is 46.1 Å². The number of aromatic nitrogens is 2. The van der Waals surface area contributed by atoms with Gasteiger partial charge in [0.2, 0.25) is 0 Å². The summed E-state index contributed by atoms with van der Waals surface area (Å²) in [6, 6.07) is 10.1. The van der Waals surface area contributed by atoms with Crippen molar-refractivity contribution in [2.75, 3.05) is 13.6 Å². The normalized spacial score (nSPS) is 19.6. The molecule has 2 aromatic rings. The number of hydrogen-bond donors (Lipinski definition) is 1. The van der Waals surface area contributed by atoms with E-state index in [4.69, 9.17) is 0 Å². The third-order valence-electron chi connectivity index (χ3n) is 4.91. The van der Waals surface area contributed by atoms with E-state index in [-0.39, 0.29) is 17.9 Å². The first-order valence-corrected chi connectivity index (χ1v) is 8.33. The second-order valence-corrected chi connectivity index (χ2v) is 6.55. The van der Waals surface area contributed by atoms with E-state index in [1.54, 1.807) is 22.7 Å². The van der Waals surface area contributed by atoms with E-state index >= 15 is 0 Å². The number of carbonyl (C=O) groups excluding carboxylic acids is 2. The Kier molecular flexibility index (Phi) is 3.59. The molecule has 0 fully saturated rings. The maximum atomic E-state index is 12.5. The third-order valence-corrected chi connectivity index (χ3v) is 4.91. The van der Waals surface area contributed by atoms with Crippen LogP contribution >= 0.6 is 0 Å². The number of fused-ring (bicyclic) bond motifs is 2. The van der Waals surface area contributed by atoms with Crippen molar-refractivity contribution >= 4 is 11.8 Å². The molecule has 1 aliphatic heterocycles. The number of likely N-dealkylation sites (N-methyl/N-ethyl adjacent to an activating group) is 1. The highest BCUT2D eigenvalue weighted by molar-refractivity contribution is 5.98. The highest BCUT2D eigenvalue weighted by Crippen LogP contribution is 2.21. The Morgan fingerprint density at radius 3 is 2.88 bits per heavy atom. The van der Waals surface area contributed by atoms with E-state index in [1.807, 2.05) is 6.07 Å². The standard InChI is InChI=1S/C18H20N4O2/c1-21-8-9-22-16(18(21)24)11-15(20-22)17(23)19-14-7-6-12-4-2-3-5-13(12)10-14/h2-5,11,14H,6-10H2,1H3,(H,19,23). The summed E-state index contributed by atoms with van der Waals surface area (Å²) in [6.07, 6.45) is 2.75. The minimum absolute atomic E-state index is 0.0839. The minimum atomic E-state index is -0.197. The van der Waals surface area contributed by atoms with Gasteiger partial charge in [0.1, 0.15) is 5.69 Å². The quantitative estimate of drug-likeness (QED) is 0.904. The molecule has 4 rings (SSSR count). The first kappa shape index (κ1) is 14.9. The summed E-state index contributed by atoms with van der Waals surface area (Å²) in [5, 5.41) is 7.37. The van der Waals surface area contributed by atoms with E-state index in [2.05, 4.69) is 28.6 Å². The first-order valence-electron chi connectivity index (χ1n) is 8.33. The average molecular weight is 324 g/mol. The van der Waals surface area contributed by atoms with Gasteiger partial charge in [0.25, 0.3) is 11.8 Å². The predicted octanol–water partition coefficient (Wildman–Crippen LogP) is 1.26. The van der Waals surface area contributed by atoms with E-state index in [1.165, 1.54) is 11.1 Å². The maximum absolute atomic E-state index is 12.5. The summed E-state index contributed by atoms with van der Waals surface area (Å²) in [7, 11) is 1.76. The van der Waals surface area contributed by atoms with E-state index in [0.29, 0.717) is 24.5 Å². The van der Waals surface area contributed by atoms with Gasteiger partial charge in [0.05, 0.1) is 6.54 Å². The molecule has 0 spiro atoms. The number of nitrogens with zero attached hydrogens (tertiary/aromatic N) is 3. The zero-order chi connectivity index (χ0) is 16.7. The fraction of sp³-hybridized carbons (Fsp3) is 0.389. The molecule has 6 heteroatoms. The van der Waals surface area contributed by atoms with Crippen LogP contribution in [0.4, 0.5) is 0 Å². The number of aryl methyl sites for hydroxylation is 1. The number of carbonyl (C=O) groups is 2. The number of nitrogens with one attached hydrogen (secondary N) is 1. The molecule has 0 bridgehead atoms. The molecule has 0 saturated heterocycles. The molecule has 24 heavy (non-hydrogen) atoms. The number of rotatable bonds is 2. The van der Waals surface area contributed by atoms with Gasteiger partial charge in [0, 0.05) is 25.7 Å². The van der Waals surface area contributed by atoms with Gasteiger partial charge in [-0.2, -0.15) is 5.10 Å². The molecule has 6 nitrogen and oxygen atoms in total. The van der Waals surface area contributed by atoms with Gasteiger partial charge in [-0.25, -0.2) is 0 Å². The molecule has 2 heterocycles. The van der Waals surface area contributed by atoms with Crippen LogP contribution in [-0.2, 0) is 19.4 Å². The number of benzene rings is 1. The SMILES string of the molecule is CN1CCn2nc(C(=O)NC3CCc4ccccc4C3)cc2C1=O. The van der Waals surface area contributed by atoms with Gasteiger partial charge in [-0.3, -0.25) is 14.3 Å². The molecular weight excluding hydrogens is 304 g/mol. The summed E-state index contributed by atoms with van der Waals surface area (Å²) in [6.45, 7) is 1.25. The minimum Gasteiger partial charge on any atom is -0.348 e. The zero-order valence-corrected chi connectivity index (χ0v) is 13.7. The molecule has 124 valence electrons. The maximum Gasteiger partial charge on any atom is 0.272 e. The van der Waals surface area contributed by atoms with Gasteiger partial charge >= 0.3 is 0 Å². The number of amides is 2. The van der Waals surface area contributed by atoms with E-state index in [9.17, 15) is 9.59 Å². The monoisotopic (exact) mass is 324 g/mol. The summed E-state index contributed by atoms with van der Waals surface area (Å²) in [5.41, 5.74) is 3.49. The van der Waals surface area contributed by atoms with Gasteiger partial charge in [-0.05, 0) is 30.4 Å². The molecule has 2 amide bonds. The van der Waals surface area contributed by atoms with Crippen molar-refractivity contribution in [1.82, 2.24) is 20.0 Å². The Balaban J connectivity index is 1.48. The molecule has 1 atom stereocenters. The lowest BCUT2D eigenvalue weighted by molar-refractivity contribution is 0.0742. The van der Waals surface area contributed by atoms with Crippen molar-refractivity contribution in [2.24, 2.45) is 0 Å². The van der Waals surface area contributed by atoms with Crippen molar-refractivity contribution in [2.45, 2.75) is 31.8 Å². The lowest BCUT2D eigenvalue weighted by atomic mass is 9.88. The molecule has 1 unspecified atom stereocenters. The largest absolute Gasteiger partial charge is 0.348 e. The van der Waals surface area contributed by atoms with Crippen LogP contribution in [0.15, 0.2) is 30.3 Å². The molecule has 0 radical (unpaired) electrons. The fourth-order valence-electron chi connectivity index (χ4n) is 3.49. The van der Waals surface area contributed by atoms with E-state index < -0.39 is 0 Å². The summed E-state index contributed by atoms with van der Waals surface area (Å²) < 4.78 is 1.63. The Morgan fingerprint density at radius 1 is 1.25 bits per heavy atom. The summed E-state index contributed by atoms with van der Waals surface area (Å²) in [4.78, 5) is 26.3. The second kappa shape index (κ2) is 5.78. The number of hydrogen-bond acceptors (Lipinski definition) is 3. The molecule has 2 aliphatic rings. The van der Waals surface area contributed by atoms with Gasteiger partial charge < -0.3 is 10.2 Å². The van der Waals surface area contributed by atoms with Crippen molar-refractivity contribution in [1.29, 1.82) is 0 Å². The molecule has 1 aromatic carbocycles.